The van der Waals surface area contributed by atoms with E-state index in [1.54, 1.807) is 11.8 Å². The van der Waals surface area contributed by atoms with Crippen LogP contribution in [0.15, 0.2) is 15.7 Å². The molecule has 0 unspecified atom stereocenters. The Kier molecular flexibility index (Phi) is 10.6. The zero-order valence-electron chi connectivity index (χ0n) is 8.46. The molecule has 0 fully saturated rings. The molecule has 1 heterocycles. The Morgan fingerprint density at radius 3 is 2.69 bits per heavy atom. The van der Waals surface area contributed by atoms with Crippen molar-refractivity contribution in [2.45, 2.75) is 5.75 Å². The fourth-order valence-corrected chi connectivity index (χ4v) is 1.44. The molecule has 6 N–H and O–H groups in total. The van der Waals surface area contributed by atoms with Crippen molar-refractivity contribution in [3.8, 4) is 0 Å². The molecule has 0 aliphatic rings. The molecule has 0 radical (unpaired) electrons. The maximum Gasteiger partial charge on any atom is 0.325 e. The second kappa shape index (κ2) is 9.59. The third-order valence-corrected chi connectivity index (χ3v) is 2.30. The van der Waals surface area contributed by atoms with Crippen molar-refractivity contribution in [2.75, 3.05) is 12.3 Å². The zero-order chi connectivity index (χ0) is 10.4. The SMILES string of the molecule is Cl.Cl.NCCSCc1coc(N=C(N)N)n1. The number of aliphatic imine (C=N–C) groups is 1. The average molecular weight is 288 g/mol. The molecule has 0 amide bonds. The average Bonchev–Trinajstić information content (AvgIpc) is 2.52. The highest BCUT2D eigenvalue weighted by molar-refractivity contribution is 7.98. The van der Waals surface area contributed by atoms with Gasteiger partial charge in [0.25, 0.3) is 0 Å². The first-order chi connectivity index (χ1) is 6.72. The summed E-state index contributed by atoms with van der Waals surface area (Å²) in [6, 6.07) is 0.188. The molecule has 0 aromatic carbocycles. The zero-order valence-corrected chi connectivity index (χ0v) is 10.9. The Labute approximate surface area is 110 Å². The normalized spacial score (nSPS) is 8.81. The highest BCUT2D eigenvalue weighted by Crippen LogP contribution is 2.15. The Bertz CT molecular complexity index is 315. The van der Waals surface area contributed by atoms with E-state index in [9.17, 15) is 0 Å². The first-order valence-electron chi connectivity index (χ1n) is 4.04. The number of thioether (sulfide) groups is 1. The van der Waals surface area contributed by atoms with Gasteiger partial charge in [-0.1, -0.05) is 0 Å². The van der Waals surface area contributed by atoms with Crippen molar-refractivity contribution < 1.29 is 4.42 Å². The molecule has 6 nitrogen and oxygen atoms in total. The number of rotatable bonds is 5. The van der Waals surface area contributed by atoms with Gasteiger partial charge in [0.1, 0.15) is 6.26 Å². The van der Waals surface area contributed by atoms with Crippen molar-refractivity contribution in [1.82, 2.24) is 4.98 Å². The van der Waals surface area contributed by atoms with Crippen molar-refractivity contribution in [3.05, 3.63) is 12.0 Å². The lowest BCUT2D eigenvalue weighted by molar-refractivity contribution is 0.568. The molecule has 0 spiro atoms. The Morgan fingerprint density at radius 1 is 1.44 bits per heavy atom. The Morgan fingerprint density at radius 2 is 2.12 bits per heavy atom. The number of nitrogens with two attached hydrogens (primary N) is 3. The molecule has 16 heavy (non-hydrogen) atoms. The summed E-state index contributed by atoms with van der Waals surface area (Å²) in [5.41, 5.74) is 16.5. The van der Waals surface area contributed by atoms with Gasteiger partial charge in [0.2, 0.25) is 0 Å². The molecule has 9 heteroatoms. The maximum absolute atomic E-state index is 5.34. The largest absolute Gasteiger partial charge is 0.430 e. The molecule has 0 saturated heterocycles. The third-order valence-electron chi connectivity index (χ3n) is 1.28. The summed E-state index contributed by atoms with van der Waals surface area (Å²) < 4.78 is 5.00. The molecule has 0 bridgehead atoms. The molecular formula is C7H15Cl2N5OS. The quantitative estimate of drug-likeness (QED) is 0.415. The molecule has 0 aliphatic heterocycles. The minimum Gasteiger partial charge on any atom is -0.430 e. The second-order valence-electron chi connectivity index (χ2n) is 2.50. The van der Waals surface area contributed by atoms with Gasteiger partial charge in [-0.2, -0.15) is 21.7 Å². The molecule has 0 aliphatic carbocycles. The monoisotopic (exact) mass is 287 g/mol. The Hall–Kier alpha value is -0.630. The van der Waals surface area contributed by atoms with Crippen LogP contribution in [-0.4, -0.2) is 23.2 Å². The van der Waals surface area contributed by atoms with Crippen LogP contribution in [0.1, 0.15) is 5.69 Å². The van der Waals surface area contributed by atoms with E-state index < -0.39 is 0 Å². The highest BCUT2D eigenvalue weighted by Gasteiger charge is 2.02. The van der Waals surface area contributed by atoms with Crippen LogP contribution < -0.4 is 17.2 Å². The molecule has 0 atom stereocenters. The van der Waals surface area contributed by atoms with E-state index >= 15 is 0 Å². The molecular weight excluding hydrogens is 273 g/mol. The van der Waals surface area contributed by atoms with Crippen LogP contribution in [0.5, 0.6) is 0 Å². The lowest BCUT2D eigenvalue weighted by Crippen LogP contribution is -2.21. The summed E-state index contributed by atoms with van der Waals surface area (Å²) in [5.74, 6) is 1.58. The van der Waals surface area contributed by atoms with Crippen LogP contribution in [0.3, 0.4) is 0 Å². The van der Waals surface area contributed by atoms with Crippen molar-refractivity contribution >= 4 is 48.6 Å². The first kappa shape index (κ1) is 17.8. The van der Waals surface area contributed by atoms with Gasteiger partial charge >= 0.3 is 6.01 Å². The summed E-state index contributed by atoms with van der Waals surface area (Å²) in [6.45, 7) is 0.656. The van der Waals surface area contributed by atoms with E-state index in [1.165, 1.54) is 6.26 Å². The maximum atomic E-state index is 5.34. The van der Waals surface area contributed by atoms with E-state index in [0.29, 0.717) is 6.54 Å². The predicted octanol–water partition coefficient (Wildman–Crippen LogP) is 0.615. The van der Waals surface area contributed by atoms with Gasteiger partial charge in [0.05, 0.1) is 5.69 Å². The summed E-state index contributed by atoms with van der Waals surface area (Å²) in [6.07, 6.45) is 1.53. The van der Waals surface area contributed by atoms with E-state index in [1.807, 2.05) is 0 Å². The van der Waals surface area contributed by atoms with Gasteiger partial charge in [0.15, 0.2) is 5.96 Å². The van der Waals surface area contributed by atoms with E-state index in [2.05, 4.69) is 9.98 Å². The number of halogens is 2. The Balaban J connectivity index is 0. The number of guanidine groups is 1. The fraction of sp³-hybridized carbons (Fsp3) is 0.429. The molecule has 1 aromatic heterocycles. The van der Waals surface area contributed by atoms with Crippen LogP contribution in [0.25, 0.3) is 0 Å². The van der Waals surface area contributed by atoms with Crippen molar-refractivity contribution in [2.24, 2.45) is 22.2 Å². The van der Waals surface area contributed by atoms with Gasteiger partial charge in [-0.05, 0) is 0 Å². The molecule has 1 aromatic rings. The van der Waals surface area contributed by atoms with Crippen molar-refractivity contribution in [3.63, 3.8) is 0 Å². The highest BCUT2D eigenvalue weighted by atomic mass is 35.5. The standard InChI is InChI=1S/C7H13N5OS.2ClH/c8-1-2-14-4-5-3-13-7(11-5)12-6(9)10;;/h3H,1-2,4,8H2,(H4,9,10,11,12);2*1H. The van der Waals surface area contributed by atoms with Crippen LogP contribution >= 0.6 is 36.6 Å². The fourth-order valence-electron chi connectivity index (χ4n) is 0.784. The van der Waals surface area contributed by atoms with E-state index in [0.717, 1.165) is 17.2 Å². The van der Waals surface area contributed by atoms with Gasteiger partial charge in [-0.15, -0.1) is 24.8 Å². The van der Waals surface area contributed by atoms with Gasteiger partial charge in [0, 0.05) is 18.1 Å². The third kappa shape index (κ3) is 6.78. The van der Waals surface area contributed by atoms with Crippen LogP contribution in [0.4, 0.5) is 6.01 Å². The predicted molar refractivity (Wildman–Crippen MR) is 71.7 cm³/mol. The summed E-state index contributed by atoms with van der Waals surface area (Å²) in [4.78, 5) is 7.72. The lowest BCUT2D eigenvalue weighted by atomic mass is 10.6. The van der Waals surface area contributed by atoms with E-state index in [-0.39, 0.29) is 36.8 Å². The second-order valence-corrected chi connectivity index (χ2v) is 3.60. The molecule has 1 rings (SSSR count). The smallest absolute Gasteiger partial charge is 0.325 e. The topological polar surface area (TPSA) is 116 Å². The van der Waals surface area contributed by atoms with Crippen LogP contribution in [0, 0.1) is 0 Å². The summed E-state index contributed by atoms with van der Waals surface area (Å²) in [7, 11) is 0. The first-order valence-corrected chi connectivity index (χ1v) is 5.19. The van der Waals surface area contributed by atoms with Crippen molar-refractivity contribution in [1.29, 1.82) is 0 Å². The van der Waals surface area contributed by atoms with Gasteiger partial charge < -0.3 is 21.6 Å². The minimum atomic E-state index is -0.0620. The number of aromatic nitrogens is 1. The summed E-state index contributed by atoms with van der Waals surface area (Å²) in [5, 5.41) is 0. The number of hydrogen-bond donors (Lipinski definition) is 3. The number of oxazole rings is 1. The summed E-state index contributed by atoms with van der Waals surface area (Å²) >= 11 is 1.68. The lowest BCUT2D eigenvalue weighted by Gasteiger charge is -1.92. The number of hydrogen-bond acceptors (Lipinski definition) is 5. The van der Waals surface area contributed by atoms with Crippen LogP contribution in [-0.2, 0) is 5.75 Å². The van der Waals surface area contributed by atoms with Gasteiger partial charge in [-0.25, -0.2) is 0 Å². The van der Waals surface area contributed by atoms with Gasteiger partial charge in [-0.3, -0.25) is 0 Å². The molecule has 0 saturated carbocycles. The van der Waals surface area contributed by atoms with E-state index in [4.69, 9.17) is 21.6 Å². The minimum absolute atomic E-state index is 0. The molecule has 94 valence electrons. The van der Waals surface area contributed by atoms with Crippen LogP contribution in [0.2, 0.25) is 0 Å². The number of nitrogens with zero attached hydrogens (tertiary/aromatic N) is 2.